The summed E-state index contributed by atoms with van der Waals surface area (Å²) < 4.78 is 2.04. The normalized spacial score (nSPS) is 10.0. The maximum absolute atomic E-state index is 12.1. The first-order valence-corrected chi connectivity index (χ1v) is 8.07. The molecular weight excluding hydrogens is 373 g/mol. The van der Waals surface area contributed by atoms with E-state index >= 15 is 0 Å². The van der Waals surface area contributed by atoms with Crippen LogP contribution >= 0.6 is 24.8 Å². The molecule has 0 aliphatic carbocycles. The Balaban J connectivity index is 0.00000169. The highest BCUT2D eigenvalue weighted by Crippen LogP contribution is 2.20. The molecule has 3 aromatic rings. The van der Waals surface area contributed by atoms with Gasteiger partial charge in [-0.1, -0.05) is 18.2 Å². The van der Waals surface area contributed by atoms with Crippen molar-refractivity contribution in [3.63, 3.8) is 0 Å². The summed E-state index contributed by atoms with van der Waals surface area (Å²) in [5, 5.41) is 5.90. The molecular formula is C18H23Cl2N5O. The van der Waals surface area contributed by atoms with Crippen molar-refractivity contribution in [1.29, 1.82) is 0 Å². The summed E-state index contributed by atoms with van der Waals surface area (Å²) in [6, 6.07) is 13.8. The maximum atomic E-state index is 12.1. The number of para-hydroxylation sites is 2. The number of imidazole rings is 1. The van der Waals surface area contributed by atoms with Gasteiger partial charge in [0.15, 0.2) is 0 Å². The third-order valence-electron chi connectivity index (χ3n) is 3.83. The zero-order valence-electron chi connectivity index (χ0n) is 14.5. The molecule has 6 nitrogen and oxygen atoms in total. The van der Waals surface area contributed by atoms with Gasteiger partial charge in [-0.2, -0.15) is 0 Å². The molecule has 2 heterocycles. The third-order valence-corrected chi connectivity index (χ3v) is 3.83. The molecule has 140 valence electrons. The van der Waals surface area contributed by atoms with Crippen molar-refractivity contribution in [3.8, 4) is 0 Å². The van der Waals surface area contributed by atoms with E-state index in [2.05, 4.69) is 20.6 Å². The first-order chi connectivity index (χ1) is 11.8. The number of amides is 1. The zero-order chi connectivity index (χ0) is 16.8. The lowest BCUT2D eigenvalue weighted by atomic mass is 10.2. The van der Waals surface area contributed by atoms with Crippen LogP contribution < -0.4 is 10.6 Å². The van der Waals surface area contributed by atoms with Gasteiger partial charge in [0.1, 0.15) is 0 Å². The van der Waals surface area contributed by atoms with E-state index in [1.807, 2.05) is 54.1 Å². The molecule has 0 fully saturated rings. The Bertz CT molecular complexity index is 823. The molecule has 0 spiro atoms. The average molecular weight is 396 g/mol. The van der Waals surface area contributed by atoms with Gasteiger partial charge in [0.25, 0.3) is 0 Å². The highest BCUT2D eigenvalue weighted by Gasteiger charge is 2.13. The molecule has 0 unspecified atom stereocenters. The predicted octanol–water partition coefficient (Wildman–Crippen LogP) is 3.07. The molecule has 1 amide bonds. The summed E-state index contributed by atoms with van der Waals surface area (Å²) in [6.45, 7) is 1.35. The molecule has 2 N–H and O–H groups in total. The summed E-state index contributed by atoms with van der Waals surface area (Å²) in [4.78, 5) is 21.0. The third kappa shape index (κ3) is 5.42. The molecule has 1 aromatic carbocycles. The van der Waals surface area contributed by atoms with Gasteiger partial charge in [0.05, 0.1) is 11.0 Å². The van der Waals surface area contributed by atoms with E-state index < -0.39 is 0 Å². The van der Waals surface area contributed by atoms with Crippen LogP contribution in [0, 0.1) is 0 Å². The minimum atomic E-state index is -0.0428. The number of carbonyl (C=O) groups is 1. The molecule has 2 aromatic heterocycles. The van der Waals surface area contributed by atoms with E-state index in [0.717, 1.165) is 23.1 Å². The van der Waals surface area contributed by atoms with E-state index in [1.165, 1.54) is 0 Å². The number of hydrogen-bond acceptors (Lipinski definition) is 4. The lowest BCUT2D eigenvalue weighted by molar-refractivity contribution is -0.116. The van der Waals surface area contributed by atoms with E-state index in [1.54, 1.807) is 6.20 Å². The van der Waals surface area contributed by atoms with Crippen LogP contribution in [0.5, 0.6) is 0 Å². The van der Waals surface area contributed by atoms with Crippen molar-refractivity contribution in [3.05, 3.63) is 54.4 Å². The Hall–Kier alpha value is -2.15. The van der Waals surface area contributed by atoms with Gasteiger partial charge in [0, 0.05) is 37.8 Å². The monoisotopic (exact) mass is 395 g/mol. The van der Waals surface area contributed by atoms with E-state index in [9.17, 15) is 4.79 Å². The van der Waals surface area contributed by atoms with Crippen molar-refractivity contribution in [2.75, 3.05) is 18.9 Å². The Morgan fingerprint density at radius 1 is 1.12 bits per heavy atom. The molecule has 0 atom stereocenters. The lowest BCUT2D eigenvalue weighted by Gasteiger charge is -2.10. The van der Waals surface area contributed by atoms with Gasteiger partial charge in [-0.3, -0.25) is 15.1 Å². The lowest BCUT2D eigenvalue weighted by Crippen LogP contribution is -2.21. The van der Waals surface area contributed by atoms with Crippen molar-refractivity contribution in [1.82, 2.24) is 19.9 Å². The molecule has 0 saturated heterocycles. The van der Waals surface area contributed by atoms with Crippen LogP contribution in [0.2, 0.25) is 0 Å². The Labute approximate surface area is 165 Å². The SMILES string of the molecule is CNCCC(=O)Nc1nc2ccccc2n1CCc1ccccn1.Cl.Cl. The average Bonchev–Trinajstić information content (AvgIpc) is 2.96. The second-order valence-corrected chi connectivity index (χ2v) is 5.55. The second-order valence-electron chi connectivity index (χ2n) is 5.55. The summed E-state index contributed by atoms with van der Waals surface area (Å²) in [5.74, 6) is 0.548. The minimum Gasteiger partial charge on any atom is -0.319 e. The fourth-order valence-electron chi connectivity index (χ4n) is 2.60. The van der Waals surface area contributed by atoms with E-state index in [-0.39, 0.29) is 30.7 Å². The topological polar surface area (TPSA) is 71.8 Å². The van der Waals surface area contributed by atoms with Crippen LogP contribution in [0.3, 0.4) is 0 Å². The smallest absolute Gasteiger partial charge is 0.227 e. The van der Waals surface area contributed by atoms with Gasteiger partial charge in [0.2, 0.25) is 11.9 Å². The van der Waals surface area contributed by atoms with Crippen LogP contribution in [0.4, 0.5) is 5.95 Å². The Kier molecular flexibility index (Phi) is 9.05. The van der Waals surface area contributed by atoms with Crippen molar-refractivity contribution in [2.24, 2.45) is 0 Å². The van der Waals surface area contributed by atoms with Crippen LogP contribution in [-0.2, 0) is 17.8 Å². The minimum absolute atomic E-state index is 0. The molecule has 26 heavy (non-hydrogen) atoms. The number of carbonyl (C=O) groups excluding carboxylic acids is 1. The summed E-state index contributed by atoms with van der Waals surface area (Å²) in [6.07, 6.45) is 2.99. The largest absolute Gasteiger partial charge is 0.319 e. The van der Waals surface area contributed by atoms with Crippen molar-refractivity contribution in [2.45, 2.75) is 19.4 Å². The van der Waals surface area contributed by atoms with Crippen LogP contribution in [0.1, 0.15) is 12.1 Å². The number of hydrogen-bond donors (Lipinski definition) is 2. The first-order valence-electron chi connectivity index (χ1n) is 8.07. The first kappa shape index (κ1) is 21.9. The van der Waals surface area contributed by atoms with Gasteiger partial charge < -0.3 is 9.88 Å². The number of aromatic nitrogens is 3. The van der Waals surface area contributed by atoms with Crippen molar-refractivity contribution < 1.29 is 4.79 Å². The quantitative estimate of drug-likeness (QED) is 0.644. The number of nitrogens with one attached hydrogen (secondary N) is 2. The van der Waals surface area contributed by atoms with Crippen LogP contribution in [-0.4, -0.2) is 34.0 Å². The van der Waals surface area contributed by atoms with Crippen LogP contribution in [0.25, 0.3) is 11.0 Å². The molecule has 8 heteroatoms. The van der Waals surface area contributed by atoms with Gasteiger partial charge in [-0.15, -0.1) is 24.8 Å². The molecule has 0 aliphatic heterocycles. The highest BCUT2D eigenvalue weighted by molar-refractivity contribution is 5.91. The van der Waals surface area contributed by atoms with E-state index in [0.29, 0.717) is 25.5 Å². The van der Waals surface area contributed by atoms with Crippen LogP contribution in [0.15, 0.2) is 48.7 Å². The van der Waals surface area contributed by atoms with Crippen molar-refractivity contribution >= 4 is 47.7 Å². The summed E-state index contributed by atoms with van der Waals surface area (Å²) >= 11 is 0. The number of fused-ring (bicyclic) bond motifs is 1. The molecule has 0 bridgehead atoms. The fourth-order valence-corrected chi connectivity index (χ4v) is 2.60. The van der Waals surface area contributed by atoms with Gasteiger partial charge in [-0.05, 0) is 31.3 Å². The second kappa shape index (κ2) is 10.8. The molecule has 0 radical (unpaired) electrons. The van der Waals surface area contributed by atoms with Gasteiger partial charge >= 0.3 is 0 Å². The zero-order valence-corrected chi connectivity index (χ0v) is 16.1. The Morgan fingerprint density at radius 3 is 2.62 bits per heavy atom. The summed E-state index contributed by atoms with van der Waals surface area (Å²) in [7, 11) is 1.83. The fraction of sp³-hybridized carbons (Fsp3) is 0.278. The number of halogens is 2. The molecule has 0 saturated carbocycles. The number of aryl methyl sites for hydroxylation is 2. The number of anilines is 1. The highest BCUT2D eigenvalue weighted by atomic mass is 35.5. The maximum Gasteiger partial charge on any atom is 0.227 e. The number of rotatable bonds is 7. The number of nitrogens with zero attached hydrogens (tertiary/aromatic N) is 3. The van der Waals surface area contributed by atoms with Gasteiger partial charge in [-0.25, -0.2) is 4.98 Å². The van der Waals surface area contributed by atoms with E-state index in [4.69, 9.17) is 0 Å². The molecule has 0 aliphatic rings. The summed E-state index contributed by atoms with van der Waals surface area (Å²) in [5.41, 5.74) is 2.91. The number of benzene rings is 1. The Morgan fingerprint density at radius 2 is 1.88 bits per heavy atom. The molecule has 3 rings (SSSR count). The standard InChI is InChI=1S/C18H21N5O.2ClH/c1-19-12-9-17(24)22-18-21-15-7-2-3-8-16(15)23(18)13-10-14-6-4-5-11-20-14;;/h2-8,11,19H,9-10,12-13H2,1H3,(H,21,22,24);2*1H. The predicted molar refractivity (Wildman–Crippen MR) is 109 cm³/mol. The number of pyridine rings is 1.